The van der Waals surface area contributed by atoms with Crippen LogP contribution < -0.4 is 30.5 Å². The first-order valence-corrected chi connectivity index (χ1v) is 22.7. The summed E-state index contributed by atoms with van der Waals surface area (Å²) in [5, 5.41) is 24.9. The van der Waals surface area contributed by atoms with E-state index < -0.39 is 43.7 Å². The van der Waals surface area contributed by atoms with Crippen LogP contribution in [-0.4, -0.2) is 103 Å². The van der Waals surface area contributed by atoms with Gasteiger partial charge in [-0.05, 0) is 79.6 Å². The molecule has 1 aliphatic rings. The van der Waals surface area contributed by atoms with Crippen molar-refractivity contribution in [2.24, 2.45) is 4.99 Å². The van der Waals surface area contributed by atoms with E-state index in [1.54, 1.807) is 23.2 Å². The number of carbonyl (C=O) groups is 2. The number of hydrogen-bond donors (Lipinski definition) is 5. The monoisotopic (exact) mass is 888 g/mol. The molecule has 0 bridgehead atoms. The van der Waals surface area contributed by atoms with Gasteiger partial charge >= 0.3 is 16.8 Å². The SMILES string of the molecule is CCNc1nc(Cl)nc(NC(C)(C)C#N)n1.COC(=O)CSc1cc(/N=c2\sc(=O)n3n2CCCC3)c(F)cc1Cl.C[S+](C)C.O=C(O)CNCP(=O)([O-])O. The molecule has 1 atom stereocenters. The number of nitrogens with one attached hydrogen (secondary N) is 3. The Balaban J connectivity index is 0.000000431. The molecule has 1 aliphatic heterocycles. The van der Waals surface area contributed by atoms with E-state index in [0.29, 0.717) is 46.2 Å². The van der Waals surface area contributed by atoms with Crippen LogP contribution in [0.5, 0.6) is 0 Å². The number of hydrogen-bond acceptors (Lipinski definition) is 16. The number of ether oxygens (including phenoxy) is 1. The van der Waals surface area contributed by atoms with Crippen molar-refractivity contribution in [1.82, 2.24) is 29.6 Å². The number of nitrogens with zero attached hydrogens (tertiary/aromatic N) is 7. The van der Waals surface area contributed by atoms with Crippen LogP contribution in [0.2, 0.25) is 10.3 Å². The number of rotatable bonds is 12. The van der Waals surface area contributed by atoms with E-state index in [9.17, 15) is 28.2 Å². The average molecular weight is 890 g/mol. The number of benzene rings is 1. The van der Waals surface area contributed by atoms with Gasteiger partial charge in [-0.25, -0.2) is 14.1 Å². The van der Waals surface area contributed by atoms with Crippen molar-refractivity contribution in [3.8, 4) is 6.07 Å². The van der Waals surface area contributed by atoms with E-state index in [2.05, 4.69) is 60.2 Å². The van der Waals surface area contributed by atoms with Gasteiger partial charge in [0.2, 0.25) is 22.0 Å². The highest BCUT2D eigenvalue weighted by atomic mass is 35.5. The molecule has 55 heavy (non-hydrogen) atoms. The van der Waals surface area contributed by atoms with E-state index in [1.807, 2.05) is 12.2 Å². The Morgan fingerprint density at radius 3 is 2.35 bits per heavy atom. The Bertz CT molecular complexity index is 1950. The van der Waals surface area contributed by atoms with Crippen molar-refractivity contribution >= 4 is 94.3 Å². The summed E-state index contributed by atoms with van der Waals surface area (Å²) < 4.78 is 32.2. The number of nitriles is 1. The number of aliphatic carboxylic acids is 1. The molecule has 18 nitrogen and oxygen atoms in total. The molecule has 4 rings (SSSR count). The van der Waals surface area contributed by atoms with Gasteiger partial charge in [0.1, 0.15) is 24.6 Å². The minimum absolute atomic E-state index is 0.0605. The summed E-state index contributed by atoms with van der Waals surface area (Å²) in [6.45, 7) is 6.89. The summed E-state index contributed by atoms with van der Waals surface area (Å²) in [5.41, 5.74) is -0.673. The van der Waals surface area contributed by atoms with Gasteiger partial charge in [0.05, 0.1) is 55.6 Å². The molecule has 5 N–H and O–H groups in total. The van der Waals surface area contributed by atoms with Crippen LogP contribution in [0.15, 0.2) is 26.8 Å². The molecule has 0 saturated carbocycles. The number of esters is 1. The maximum atomic E-state index is 14.3. The molecule has 2 aromatic heterocycles. The first-order chi connectivity index (χ1) is 25.6. The highest BCUT2D eigenvalue weighted by Crippen LogP contribution is 2.33. The van der Waals surface area contributed by atoms with Crippen molar-refractivity contribution in [2.45, 2.75) is 57.1 Å². The minimum atomic E-state index is -4.35. The van der Waals surface area contributed by atoms with Crippen LogP contribution in [0.4, 0.5) is 22.0 Å². The molecule has 0 fully saturated rings. The van der Waals surface area contributed by atoms with Gasteiger partial charge in [-0.15, -0.1) is 11.8 Å². The number of methoxy groups -OCH3 is 1. The second kappa shape index (κ2) is 24.4. The molecule has 1 aromatic carbocycles. The molecule has 0 radical (unpaired) electrons. The third-order valence-corrected chi connectivity index (χ3v) is 9.03. The van der Waals surface area contributed by atoms with Crippen LogP contribution in [0, 0.1) is 17.1 Å². The standard InChI is InChI=1S/C15H15ClFN3O3S2.C9H13ClN6.C3H8NO5P.C3H9S/c1-23-13(21)8-24-12-7-11(10(17)6-9(12)16)18-14-19-4-2-3-5-20(19)15(22)25-14;1-4-12-7-13-6(10)14-8(15-7)16-9(2,3)5-11;5-3(6)1-4-2-10(7,8)9;1-4(2)3/h6-7H,2-5,8H2,1H3;4H2,1-3H3,(H2,12,13,14,15,16);4H,1-2H2,(H,5,6)(H2,7,8,9);1-3H3/q;;;+1/p-1/b18-14-;;;. The van der Waals surface area contributed by atoms with Crippen LogP contribution in [0.1, 0.15) is 33.6 Å². The van der Waals surface area contributed by atoms with Gasteiger partial charge in [-0.1, -0.05) is 11.6 Å². The molecule has 25 heteroatoms. The molecule has 0 saturated heterocycles. The second-order valence-electron chi connectivity index (χ2n) is 11.8. The third-order valence-electron chi connectivity index (χ3n) is 5.92. The van der Waals surface area contributed by atoms with Crippen molar-refractivity contribution in [3.63, 3.8) is 0 Å². The number of carbonyl (C=O) groups excluding carboxylic acids is 1. The molecule has 0 aliphatic carbocycles. The maximum Gasteiger partial charge on any atom is 0.325 e. The van der Waals surface area contributed by atoms with Crippen molar-refractivity contribution in [2.75, 3.05) is 61.6 Å². The fraction of sp³-hybridized carbons (Fsp3) is 0.533. The topological polar surface area (TPSA) is 262 Å². The van der Waals surface area contributed by atoms with Crippen LogP contribution in [-0.2, 0) is 42.9 Å². The first kappa shape index (κ1) is 49.8. The average Bonchev–Trinajstić information content (AvgIpc) is 3.39. The fourth-order valence-electron chi connectivity index (χ4n) is 3.69. The molecular formula is C30H44Cl2FN10O8PS3. The number of aromatic nitrogens is 5. The largest absolute Gasteiger partial charge is 0.778 e. The quantitative estimate of drug-likeness (QED) is 0.0757. The number of carboxylic acids is 1. The Kier molecular flexibility index (Phi) is 22.1. The smallest absolute Gasteiger partial charge is 0.325 e. The van der Waals surface area contributed by atoms with Crippen LogP contribution >= 0.6 is 53.9 Å². The number of halogens is 3. The zero-order valence-corrected chi connectivity index (χ0v) is 35.9. The number of anilines is 2. The fourth-order valence-corrected chi connectivity index (χ4v) is 6.23. The molecule has 306 valence electrons. The Morgan fingerprint density at radius 1 is 1.20 bits per heavy atom. The maximum absolute atomic E-state index is 14.3. The van der Waals surface area contributed by atoms with Gasteiger partial charge in [0.25, 0.3) is 0 Å². The summed E-state index contributed by atoms with van der Waals surface area (Å²) in [7, 11) is -2.41. The van der Waals surface area contributed by atoms with Crippen LogP contribution in [0.25, 0.3) is 0 Å². The lowest BCUT2D eigenvalue weighted by Crippen LogP contribution is -2.31. The molecule has 0 amide bonds. The second-order valence-corrected chi connectivity index (χ2v) is 18.5. The predicted octanol–water partition coefficient (Wildman–Crippen LogP) is 3.12. The lowest BCUT2D eigenvalue weighted by Gasteiger charge is -2.17. The highest BCUT2D eigenvalue weighted by Gasteiger charge is 2.19. The summed E-state index contributed by atoms with van der Waals surface area (Å²) in [6.07, 6.45) is 7.77. The Labute approximate surface area is 338 Å². The van der Waals surface area contributed by atoms with Gasteiger partial charge < -0.3 is 34.8 Å². The Hall–Kier alpha value is -3.26. The zero-order valence-electron chi connectivity index (χ0n) is 31.1. The highest BCUT2D eigenvalue weighted by molar-refractivity contribution is 8.00. The van der Waals surface area contributed by atoms with E-state index in [4.69, 9.17) is 38.5 Å². The van der Waals surface area contributed by atoms with E-state index >= 15 is 0 Å². The Morgan fingerprint density at radius 2 is 1.80 bits per heavy atom. The van der Waals surface area contributed by atoms with Gasteiger partial charge in [-0.2, -0.15) is 20.2 Å². The lowest BCUT2D eigenvalue weighted by molar-refractivity contribution is -0.193. The molecule has 1 unspecified atom stereocenters. The zero-order chi connectivity index (χ0) is 41.9. The number of thioether (sulfide) groups is 1. The van der Waals surface area contributed by atoms with E-state index in [0.717, 1.165) is 42.0 Å². The summed E-state index contributed by atoms with van der Waals surface area (Å²) >= 11 is 13.9. The minimum Gasteiger partial charge on any atom is -0.778 e. The van der Waals surface area contributed by atoms with Crippen molar-refractivity contribution in [3.05, 3.63) is 42.7 Å². The van der Waals surface area contributed by atoms with Crippen LogP contribution in [0.3, 0.4) is 0 Å². The van der Waals surface area contributed by atoms with Gasteiger partial charge in [0.15, 0.2) is 0 Å². The van der Waals surface area contributed by atoms with Gasteiger partial charge in [-0.3, -0.25) is 24.4 Å². The number of fused-ring (bicyclic) bond motifs is 1. The molecule has 3 aromatic rings. The molecule has 3 heterocycles. The summed E-state index contributed by atoms with van der Waals surface area (Å²) in [4.78, 5) is 68.1. The molecule has 0 spiro atoms. The summed E-state index contributed by atoms with van der Waals surface area (Å²) in [5.74, 6) is -1.43. The normalized spacial score (nSPS) is 13.3. The van der Waals surface area contributed by atoms with Gasteiger partial charge in [0, 0.05) is 24.5 Å². The summed E-state index contributed by atoms with van der Waals surface area (Å²) in [6, 6.07) is 4.73. The predicted molar refractivity (Wildman–Crippen MR) is 213 cm³/mol. The van der Waals surface area contributed by atoms with Crippen molar-refractivity contribution < 1.29 is 38.2 Å². The molecular weight excluding hydrogens is 845 g/mol. The first-order valence-electron chi connectivity index (χ1n) is 15.9. The third kappa shape index (κ3) is 20.5. The lowest BCUT2D eigenvalue weighted by atomic mass is 10.1. The van der Waals surface area contributed by atoms with Crippen molar-refractivity contribution in [1.29, 1.82) is 5.26 Å². The van der Waals surface area contributed by atoms with E-state index in [1.165, 1.54) is 13.2 Å². The number of carboxylic acid groups (broad SMARTS) is 1. The van der Waals surface area contributed by atoms with E-state index in [-0.39, 0.29) is 32.6 Å².